The molecule has 1 aromatic rings. The topological polar surface area (TPSA) is 66.8 Å². The molecule has 0 unspecified atom stereocenters. The van der Waals surface area contributed by atoms with Gasteiger partial charge >= 0.3 is 0 Å². The Kier molecular flexibility index (Phi) is 2.83. The predicted molar refractivity (Wildman–Crippen MR) is 67.3 cm³/mol. The second-order valence-corrected chi connectivity index (χ2v) is 4.43. The van der Waals surface area contributed by atoms with E-state index in [0.29, 0.717) is 35.5 Å². The average Bonchev–Trinajstić information content (AvgIpc) is 2.59. The molecule has 0 radical (unpaired) electrons. The zero-order valence-electron chi connectivity index (χ0n) is 10.3. The molecular weight excluding hydrogens is 246 g/mol. The van der Waals surface area contributed by atoms with Crippen LogP contribution in [0.2, 0.25) is 0 Å². The summed E-state index contributed by atoms with van der Waals surface area (Å²) in [6, 6.07) is 7.21. The van der Waals surface area contributed by atoms with Crippen LogP contribution in [0.3, 0.4) is 0 Å². The molecule has 3 rings (SSSR count). The van der Waals surface area contributed by atoms with Gasteiger partial charge in [0.25, 0.3) is 11.8 Å². The maximum absolute atomic E-state index is 12.3. The SMILES string of the molecule is O=C1C2=C(C(=O)N1CCO)c1ccccc1OCC2. The van der Waals surface area contributed by atoms with Gasteiger partial charge in [0.15, 0.2) is 0 Å². The highest BCUT2D eigenvalue weighted by Gasteiger charge is 2.40. The first kappa shape index (κ1) is 11.9. The van der Waals surface area contributed by atoms with Gasteiger partial charge in [-0.1, -0.05) is 18.2 Å². The smallest absolute Gasteiger partial charge is 0.262 e. The summed E-state index contributed by atoms with van der Waals surface area (Å²) in [5.41, 5.74) is 1.57. The minimum Gasteiger partial charge on any atom is -0.493 e. The van der Waals surface area contributed by atoms with Crippen molar-refractivity contribution in [1.82, 2.24) is 4.90 Å². The normalized spacial score (nSPS) is 18.1. The lowest BCUT2D eigenvalue weighted by Gasteiger charge is -2.15. The number of hydrogen-bond donors (Lipinski definition) is 1. The van der Waals surface area contributed by atoms with Gasteiger partial charge in [0, 0.05) is 17.6 Å². The molecule has 2 heterocycles. The Morgan fingerprint density at radius 1 is 1.21 bits per heavy atom. The first-order valence-corrected chi connectivity index (χ1v) is 6.16. The van der Waals surface area contributed by atoms with Gasteiger partial charge in [-0.05, 0) is 6.07 Å². The second-order valence-electron chi connectivity index (χ2n) is 4.43. The van der Waals surface area contributed by atoms with Crippen LogP contribution in [0.1, 0.15) is 12.0 Å². The average molecular weight is 259 g/mol. The Bertz CT molecular complexity index is 591. The summed E-state index contributed by atoms with van der Waals surface area (Å²) in [7, 11) is 0. The van der Waals surface area contributed by atoms with E-state index in [-0.39, 0.29) is 25.0 Å². The monoisotopic (exact) mass is 259 g/mol. The zero-order valence-corrected chi connectivity index (χ0v) is 10.3. The molecule has 19 heavy (non-hydrogen) atoms. The van der Waals surface area contributed by atoms with Crippen molar-refractivity contribution in [2.45, 2.75) is 6.42 Å². The summed E-state index contributed by atoms with van der Waals surface area (Å²) in [6.45, 7) is 0.186. The Morgan fingerprint density at radius 2 is 2.00 bits per heavy atom. The van der Waals surface area contributed by atoms with Gasteiger partial charge < -0.3 is 9.84 Å². The quantitative estimate of drug-likeness (QED) is 0.789. The van der Waals surface area contributed by atoms with Crippen LogP contribution in [-0.4, -0.2) is 41.6 Å². The van der Waals surface area contributed by atoms with E-state index in [1.165, 1.54) is 0 Å². The van der Waals surface area contributed by atoms with Gasteiger partial charge in [0.2, 0.25) is 0 Å². The summed E-state index contributed by atoms with van der Waals surface area (Å²) in [5.74, 6) is -0.0270. The van der Waals surface area contributed by atoms with E-state index in [0.717, 1.165) is 4.90 Å². The van der Waals surface area contributed by atoms with Crippen LogP contribution in [0.15, 0.2) is 29.8 Å². The molecule has 5 heteroatoms. The summed E-state index contributed by atoms with van der Waals surface area (Å²) >= 11 is 0. The van der Waals surface area contributed by atoms with Gasteiger partial charge in [-0.25, -0.2) is 0 Å². The number of β-amino-alcohol motifs (C(OH)–C–C–N with tert-alkyl or cyclic N) is 1. The lowest BCUT2D eigenvalue weighted by atomic mass is 10.00. The van der Waals surface area contributed by atoms with E-state index in [1.807, 2.05) is 12.1 Å². The number of fused-ring (bicyclic) bond motifs is 2. The molecule has 0 saturated carbocycles. The van der Waals surface area contributed by atoms with Gasteiger partial charge in [0.05, 0.1) is 25.3 Å². The number of amides is 2. The largest absolute Gasteiger partial charge is 0.493 e. The molecule has 98 valence electrons. The van der Waals surface area contributed by atoms with Gasteiger partial charge in [-0.2, -0.15) is 0 Å². The minimum atomic E-state index is -0.341. The molecular formula is C14H13NO4. The fourth-order valence-electron chi connectivity index (χ4n) is 2.50. The fourth-order valence-corrected chi connectivity index (χ4v) is 2.50. The van der Waals surface area contributed by atoms with Crippen molar-refractivity contribution < 1.29 is 19.4 Å². The molecule has 0 aromatic heterocycles. The van der Waals surface area contributed by atoms with Gasteiger partial charge in [0.1, 0.15) is 5.75 Å². The number of nitrogens with zero attached hydrogens (tertiary/aromatic N) is 1. The number of rotatable bonds is 2. The Labute approximate surface area is 110 Å². The molecule has 1 aromatic carbocycles. The van der Waals surface area contributed by atoms with E-state index in [9.17, 15) is 9.59 Å². The zero-order chi connectivity index (χ0) is 13.4. The maximum Gasteiger partial charge on any atom is 0.262 e. The maximum atomic E-state index is 12.3. The van der Waals surface area contributed by atoms with E-state index in [2.05, 4.69) is 0 Å². The van der Waals surface area contributed by atoms with Crippen molar-refractivity contribution in [3.8, 4) is 5.75 Å². The second kappa shape index (κ2) is 4.51. The molecule has 5 nitrogen and oxygen atoms in total. The summed E-state index contributed by atoms with van der Waals surface area (Å²) in [5, 5.41) is 8.96. The van der Waals surface area contributed by atoms with Crippen LogP contribution in [0.25, 0.3) is 5.57 Å². The van der Waals surface area contributed by atoms with Crippen molar-refractivity contribution >= 4 is 17.4 Å². The highest BCUT2D eigenvalue weighted by Crippen LogP contribution is 2.37. The molecule has 0 spiro atoms. The molecule has 2 aliphatic rings. The predicted octanol–water partition coefficient (Wildman–Crippen LogP) is 0.584. The van der Waals surface area contributed by atoms with Crippen molar-refractivity contribution in [3.63, 3.8) is 0 Å². The molecule has 0 saturated heterocycles. The standard InChI is InChI=1S/C14H13NO4/c16-7-6-15-13(17)10-5-8-19-11-4-2-1-3-9(11)12(10)14(15)18/h1-4,16H,5-8H2. The summed E-state index contributed by atoms with van der Waals surface area (Å²) < 4.78 is 5.56. The van der Waals surface area contributed by atoms with Crippen LogP contribution in [0.4, 0.5) is 0 Å². The minimum absolute atomic E-state index is 0.0354. The van der Waals surface area contributed by atoms with Crippen molar-refractivity contribution in [3.05, 3.63) is 35.4 Å². The van der Waals surface area contributed by atoms with Crippen LogP contribution in [0.5, 0.6) is 5.75 Å². The number of carbonyl (C=O) groups is 2. The third-order valence-electron chi connectivity index (χ3n) is 3.35. The van der Waals surface area contributed by atoms with E-state index in [1.54, 1.807) is 12.1 Å². The molecule has 2 amide bonds. The fraction of sp³-hybridized carbons (Fsp3) is 0.286. The Balaban J connectivity index is 2.12. The number of benzene rings is 1. The third-order valence-corrected chi connectivity index (χ3v) is 3.35. The van der Waals surface area contributed by atoms with Crippen LogP contribution in [0, 0.1) is 0 Å². The number of ether oxygens (including phenoxy) is 1. The first-order chi connectivity index (χ1) is 9.24. The molecule has 1 N–H and O–H groups in total. The molecule has 0 fully saturated rings. The third kappa shape index (κ3) is 1.74. The Morgan fingerprint density at radius 3 is 2.79 bits per heavy atom. The number of para-hydroxylation sites is 1. The number of aliphatic hydroxyl groups is 1. The van der Waals surface area contributed by atoms with Crippen LogP contribution < -0.4 is 4.74 Å². The number of hydrogen-bond acceptors (Lipinski definition) is 4. The molecule has 0 bridgehead atoms. The van der Waals surface area contributed by atoms with E-state index < -0.39 is 0 Å². The highest BCUT2D eigenvalue weighted by atomic mass is 16.5. The lowest BCUT2D eigenvalue weighted by molar-refractivity contribution is -0.137. The Hall–Kier alpha value is -2.14. The van der Waals surface area contributed by atoms with Gasteiger partial charge in [-0.15, -0.1) is 0 Å². The van der Waals surface area contributed by atoms with E-state index >= 15 is 0 Å². The van der Waals surface area contributed by atoms with Crippen molar-refractivity contribution in [2.75, 3.05) is 19.8 Å². The molecule has 0 aliphatic carbocycles. The van der Waals surface area contributed by atoms with Crippen LogP contribution >= 0.6 is 0 Å². The number of aliphatic hydroxyl groups excluding tert-OH is 1. The van der Waals surface area contributed by atoms with Crippen molar-refractivity contribution in [2.24, 2.45) is 0 Å². The summed E-state index contributed by atoms with van der Waals surface area (Å²) in [6.07, 6.45) is 0.413. The number of carbonyl (C=O) groups excluding carboxylic acids is 2. The first-order valence-electron chi connectivity index (χ1n) is 6.16. The van der Waals surface area contributed by atoms with Crippen molar-refractivity contribution in [1.29, 1.82) is 0 Å². The summed E-state index contributed by atoms with van der Waals surface area (Å²) in [4.78, 5) is 25.6. The lowest BCUT2D eigenvalue weighted by Crippen LogP contribution is -2.34. The molecule has 2 aliphatic heterocycles. The van der Waals surface area contributed by atoms with Crippen LogP contribution in [-0.2, 0) is 9.59 Å². The van der Waals surface area contributed by atoms with Gasteiger partial charge in [-0.3, -0.25) is 14.5 Å². The molecule has 0 atom stereocenters. The van der Waals surface area contributed by atoms with E-state index in [4.69, 9.17) is 9.84 Å². The highest BCUT2D eigenvalue weighted by molar-refractivity contribution is 6.36. The number of imide groups is 1.